The van der Waals surface area contributed by atoms with E-state index in [1.54, 1.807) is 5.57 Å². The van der Waals surface area contributed by atoms with Crippen LogP contribution in [0.2, 0.25) is 36.3 Å². The van der Waals surface area contributed by atoms with Crippen molar-refractivity contribution in [2.75, 3.05) is 7.11 Å². The van der Waals surface area contributed by atoms with Crippen molar-refractivity contribution in [1.29, 1.82) is 0 Å². The number of rotatable bonds is 11. The van der Waals surface area contributed by atoms with Crippen LogP contribution in [0.15, 0.2) is 47.6 Å². The van der Waals surface area contributed by atoms with Crippen molar-refractivity contribution in [2.24, 2.45) is 23.2 Å². The number of methoxy groups -OCH3 is 1. The minimum Gasteiger partial charge on any atom is -0.466 e. The van der Waals surface area contributed by atoms with E-state index in [0.29, 0.717) is 29.7 Å². The molecule has 3 fully saturated rings. The summed E-state index contributed by atoms with van der Waals surface area (Å²) >= 11 is 0. The number of fused-ring (bicyclic) bond motifs is 1. The van der Waals surface area contributed by atoms with Gasteiger partial charge in [-0.1, -0.05) is 91.8 Å². The molecule has 0 aliphatic heterocycles. The number of aliphatic hydroxyl groups excluding tert-OH is 1. The van der Waals surface area contributed by atoms with Gasteiger partial charge in [0.1, 0.15) is 0 Å². The molecule has 0 spiro atoms. The van der Waals surface area contributed by atoms with Crippen molar-refractivity contribution in [3.05, 3.63) is 47.6 Å². The van der Waals surface area contributed by atoms with Gasteiger partial charge in [-0.2, -0.15) is 0 Å². The molecule has 1 N–H and O–H groups in total. The highest BCUT2D eigenvalue weighted by atomic mass is 28.4. The van der Waals surface area contributed by atoms with Crippen LogP contribution in [-0.2, 0) is 18.4 Å². The van der Waals surface area contributed by atoms with Gasteiger partial charge in [0.25, 0.3) is 0 Å². The van der Waals surface area contributed by atoms with Crippen LogP contribution in [0.25, 0.3) is 0 Å². The van der Waals surface area contributed by atoms with Gasteiger partial charge in [-0.05, 0) is 116 Å². The lowest BCUT2D eigenvalue weighted by atomic mass is 9.60. The third kappa shape index (κ3) is 9.30. The van der Waals surface area contributed by atoms with Crippen LogP contribution in [0.1, 0.15) is 113 Å². The monoisotopic (exact) mass is 686 g/mol. The summed E-state index contributed by atoms with van der Waals surface area (Å²) in [6.07, 6.45) is 13.0. The molecule has 3 saturated carbocycles. The van der Waals surface area contributed by atoms with Crippen LogP contribution in [0.4, 0.5) is 0 Å². The molecule has 0 aromatic carbocycles. The van der Waals surface area contributed by atoms with E-state index in [-0.39, 0.29) is 34.1 Å². The molecule has 3 aliphatic rings. The van der Waals surface area contributed by atoms with Gasteiger partial charge in [0.05, 0.1) is 25.4 Å². The van der Waals surface area contributed by atoms with Crippen LogP contribution in [0.3, 0.4) is 0 Å². The van der Waals surface area contributed by atoms with E-state index in [2.05, 4.69) is 107 Å². The van der Waals surface area contributed by atoms with E-state index in [9.17, 15) is 9.90 Å². The largest absolute Gasteiger partial charge is 0.466 e. The average Bonchev–Trinajstić information content (AvgIpc) is 3.29. The fourth-order valence-electron chi connectivity index (χ4n) is 8.09. The summed E-state index contributed by atoms with van der Waals surface area (Å²) in [6, 6.07) is 0. The second kappa shape index (κ2) is 14.9. The van der Waals surface area contributed by atoms with Crippen molar-refractivity contribution in [3.63, 3.8) is 0 Å². The van der Waals surface area contributed by atoms with Gasteiger partial charge in [0.2, 0.25) is 0 Å². The first-order valence-electron chi connectivity index (χ1n) is 18.3. The van der Waals surface area contributed by atoms with E-state index in [1.165, 1.54) is 38.4 Å². The Balaban J connectivity index is 1.84. The Kier molecular flexibility index (Phi) is 12.8. The number of carbonyl (C=O) groups is 1. The maximum absolute atomic E-state index is 11.8. The van der Waals surface area contributed by atoms with E-state index in [4.69, 9.17) is 13.6 Å². The third-order valence-electron chi connectivity index (χ3n) is 13.1. The Morgan fingerprint density at radius 3 is 2.02 bits per heavy atom. The van der Waals surface area contributed by atoms with Crippen LogP contribution < -0.4 is 0 Å². The molecule has 5 nitrogen and oxygen atoms in total. The molecule has 2 unspecified atom stereocenters. The fraction of sp³-hybridized carbons (Fsp3) is 0.775. The summed E-state index contributed by atoms with van der Waals surface area (Å²) in [7, 11) is -2.66. The number of esters is 1. The molecule has 268 valence electrons. The summed E-state index contributed by atoms with van der Waals surface area (Å²) in [4.78, 5) is 11.8. The number of carbonyl (C=O) groups excluding carboxylic acids is 1. The average molecular weight is 687 g/mol. The molecule has 47 heavy (non-hydrogen) atoms. The molecule has 7 atom stereocenters. The first-order chi connectivity index (χ1) is 21.4. The van der Waals surface area contributed by atoms with Gasteiger partial charge in [-0.3, -0.25) is 0 Å². The van der Waals surface area contributed by atoms with Crippen molar-refractivity contribution in [3.8, 4) is 0 Å². The molecule has 3 rings (SSSR count). The zero-order chi connectivity index (χ0) is 35.8. The molecule has 0 radical (unpaired) electrons. The van der Waals surface area contributed by atoms with Crippen molar-refractivity contribution >= 4 is 22.6 Å². The summed E-state index contributed by atoms with van der Waals surface area (Å²) in [5.74, 6) is 1.06. The molecular formula is C40H70O5Si2. The zero-order valence-corrected chi connectivity index (χ0v) is 34.5. The van der Waals surface area contributed by atoms with Gasteiger partial charge >= 0.3 is 5.97 Å². The quantitative estimate of drug-likeness (QED) is 0.101. The minimum atomic E-state index is -2.01. The van der Waals surface area contributed by atoms with E-state index in [0.717, 1.165) is 24.8 Å². The SMILES string of the molecule is C=C(C[C@@H](O)C[C@@H](C)C1CCC2C(=CC=C3C[C@@H](O[Si](C)(C)C(C)(C)C)C(=C)[C@H](O[Si](C)(C)C(C)(C)C)C3)CCC[C@@]21C)C(=O)OC. The van der Waals surface area contributed by atoms with Gasteiger partial charge < -0.3 is 18.7 Å². The highest BCUT2D eigenvalue weighted by molar-refractivity contribution is 6.74. The Bertz CT molecular complexity index is 1170. The molecule has 7 heteroatoms. The Morgan fingerprint density at radius 2 is 1.53 bits per heavy atom. The van der Waals surface area contributed by atoms with Crippen LogP contribution in [-0.4, -0.2) is 53.1 Å². The van der Waals surface area contributed by atoms with Gasteiger partial charge in [0, 0.05) is 12.0 Å². The molecule has 3 aliphatic carbocycles. The fourth-order valence-corrected chi connectivity index (χ4v) is 10.7. The summed E-state index contributed by atoms with van der Waals surface area (Å²) in [5, 5.41) is 11.1. The number of hydrogen-bond acceptors (Lipinski definition) is 5. The highest BCUT2D eigenvalue weighted by Gasteiger charge is 2.51. The lowest BCUT2D eigenvalue weighted by Crippen LogP contribution is -2.49. The molecule has 0 heterocycles. The van der Waals surface area contributed by atoms with Gasteiger partial charge in [0.15, 0.2) is 16.6 Å². The van der Waals surface area contributed by atoms with Crippen LogP contribution >= 0.6 is 0 Å². The summed E-state index contributed by atoms with van der Waals surface area (Å²) < 4.78 is 18.9. The Morgan fingerprint density at radius 1 is 1.00 bits per heavy atom. The molecule has 0 amide bonds. The van der Waals surface area contributed by atoms with E-state index < -0.39 is 28.7 Å². The molecule has 0 aromatic heterocycles. The number of ether oxygens (including phenoxy) is 1. The lowest BCUT2D eigenvalue weighted by Gasteiger charge is -2.46. The molecule has 0 aromatic rings. The standard InChI is InChI=1S/C40H70O5Si2/c1-27(23-32(41)24-28(2)37(42)43-11)33-20-21-34-31(17-16-22-40(33,34)10)19-18-30-25-35(44-46(12,13)38(4,5)6)29(3)36(26-30)45-47(14,15)39(7,8)9/h18-19,27,32-36,41H,2-3,16-17,20-26H2,1,4-15H3/t27-,32+,33?,34?,35-,36-,40-/m1/s1. The number of allylic oxidation sites excluding steroid dienone is 3. The maximum Gasteiger partial charge on any atom is 0.333 e. The van der Waals surface area contributed by atoms with Crippen LogP contribution in [0, 0.1) is 23.2 Å². The zero-order valence-electron chi connectivity index (χ0n) is 32.5. The molecule has 0 bridgehead atoms. The van der Waals surface area contributed by atoms with Gasteiger partial charge in [-0.25, -0.2) is 4.79 Å². The third-order valence-corrected chi connectivity index (χ3v) is 22.0. The lowest BCUT2D eigenvalue weighted by molar-refractivity contribution is -0.136. The normalized spacial score (nSPS) is 29.8. The second-order valence-electron chi connectivity index (χ2n) is 18.5. The Labute approximate surface area is 291 Å². The second-order valence-corrected chi connectivity index (χ2v) is 28.1. The number of aliphatic hydroxyl groups is 1. The molecule has 0 saturated heterocycles. The minimum absolute atomic E-state index is 0.0147. The summed E-state index contributed by atoms with van der Waals surface area (Å²) in [6.45, 7) is 36.5. The topological polar surface area (TPSA) is 65.0 Å². The van der Waals surface area contributed by atoms with E-state index >= 15 is 0 Å². The maximum atomic E-state index is 11.8. The van der Waals surface area contributed by atoms with Gasteiger partial charge in [-0.15, -0.1) is 0 Å². The van der Waals surface area contributed by atoms with Crippen molar-refractivity contribution in [1.82, 2.24) is 0 Å². The van der Waals surface area contributed by atoms with E-state index in [1.807, 2.05) is 0 Å². The first-order valence-corrected chi connectivity index (χ1v) is 24.1. The van der Waals surface area contributed by atoms with Crippen molar-refractivity contribution in [2.45, 2.75) is 168 Å². The highest BCUT2D eigenvalue weighted by Crippen LogP contribution is 2.60. The smallest absolute Gasteiger partial charge is 0.333 e. The first kappa shape index (κ1) is 40.2. The van der Waals surface area contributed by atoms with Crippen LogP contribution in [0.5, 0.6) is 0 Å². The molecular weight excluding hydrogens is 617 g/mol. The van der Waals surface area contributed by atoms with Crippen molar-refractivity contribution < 1.29 is 23.5 Å². The predicted molar refractivity (Wildman–Crippen MR) is 202 cm³/mol. The Hall–Kier alpha value is -1.26. The summed E-state index contributed by atoms with van der Waals surface area (Å²) in [5.41, 5.74) is 4.71. The number of hydrogen-bond donors (Lipinski definition) is 1. The predicted octanol–water partition coefficient (Wildman–Crippen LogP) is 10.7.